The molecular weight excluding hydrogens is 777 g/mol. The molecule has 8 aromatic carbocycles. The first-order chi connectivity index (χ1) is 30.9. The Labute approximate surface area is 376 Å². The first kappa shape index (κ1) is 39.5. The van der Waals surface area contributed by atoms with Crippen LogP contribution in [-0.4, -0.2) is 9.97 Å². The molecule has 0 saturated carbocycles. The van der Waals surface area contributed by atoms with Crippen LogP contribution in [0.25, 0.3) is 78.1 Å². The van der Waals surface area contributed by atoms with Crippen LogP contribution in [0.15, 0.2) is 199 Å². The number of aromatic nitrogens is 2. The lowest BCUT2D eigenvalue weighted by Crippen LogP contribution is -2.29. The molecule has 11 rings (SSSR count). The third kappa shape index (κ3) is 6.57. The molecular formula is C61H50N2O. The summed E-state index contributed by atoms with van der Waals surface area (Å²) >= 11 is 0. The Bertz CT molecular complexity index is 3320. The minimum atomic E-state index is -0.567. The highest BCUT2D eigenvalue weighted by Crippen LogP contribution is 2.57. The molecule has 0 amide bonds. The number of hydrogen-bond acceptors (Lipinski definition) is 3. The summed E-state index contributed by atoms with van der Waals surface area (Å²) in [6, 6.07) is 70.7. The summed E-state index contributed by atoms with van der Waals surface area (Å²) in [5.41, 5.74) is 18.5. The molecule has 0 radical (unpaired) electrons. The molecule has 3 nitrogen and oxygen atoms in total. The van der Waals surface area contributed by atoms with E-state index in [9.17, 15) is 0 Å². The number of para-hydroxylation sites is 1. The van der Waals surface area contributed by atoms with Crippen molar-refractivity contribution in [3.63, 3.8) is 0 Å². The number of hydrogen-bond donors (Lipinski definition) is 0. The van der Waals surface area contributed by atoms with E-state index in [1.165, 1.54) is 44.5 Å². The molecule has 1 aliphatic rings. The zero-order valence-electron chi connectivity index (χ0n) is 37.3. The Kier molecular flexibility index (Phi) is 9.18. The average molecular weight is 827 g/mol. The number of furan rings is 1. The molecule has 0 atom stereocenters. The lowest BCUT2D eigenvalue weighted by Gasteiger charge is -2.35. The average Bonchev–Trinajstić information content (AvgIpc) is 3.84. The molecule has 2 heterocycles. The van der Waals surface area contributed by atoms with E-state index >= 15 is 0 Å². The van der Waals surface area contributed by atoms with Crippen molar-refractivity contribution in [1.29, 1.82) is 0 Å². The van der Waals surface area contributed by atoms with Gasteiger partial charge < -0.3 is 4.42 Å². The minimum absolute atomic E-state index is 0.0295. The van der Waals surface area contributed by atoms with Gasteiger partial charge in [-0.2, -0.15) is 0 Å². The fraction of sp³-hybridized carbons (Fsp3) is 0.148. The summed E-state index contributed by atoms with van der Waals surface area (Å²) in [7, 11) is 0. The highest BCUT2D eigenvalue weighted by Gasteiger charge is 2.46. The number of benzene rings is 8. The van der Waals surface area contributed by atoms with Crippen LogP contribution in [-0.2, 0) is 16.2 Å². The number of fused-ring (bicyclic) bond motifs is 6. The Morgan fingerprint density at radius 2 is 0.906 bits per heavy atom. The van der Waals surface area contributed by atoms with Crippen LogP contribution in [0.3, 0.4) is 0 Å². The predicted octanol–water partition coefficient (Wildman–Crippen LogP) is 16.0. The van der Waals surface area contributed by atoms with Gasteiger partial charge in [-0.15, -0.1) is 0 Å². The molecule has 2 aromatic heterocycles. The van der Waals surface area contributed by atoms with E-state index in [1.54, 1.807) is 0 Å². The van der Waals surface area contributed by atoms with E-state index in [2.05, 4.69) is 217 Å². The van der Waals surface area contributed by atoms with Crippen molar-refractivity contribution >= 4 is 21.9 Å². The second kappa shape index (κ2) is 14.9. The van der Waals surface area contributed by atoms with Gasteiger partial charge >= 0.3 is 0 Å². The van der Waals surface area contributed by atoms with E-state index in [0.717, 1.165) is 61.1 Å². The molecule has 310 valence electrons. The molecule has 10 aromatic rings. The van der Waals surface area contributed by atoms with Gasteiger partial charge in [-0.05, 0) is 103 Å². The van der Waals surface area contributed by atoms with E-state index < -0.39 is 5.41 Å². The molecule has 0 saturated heterocycles. The third-order valence-corrected chi connectivity index (χ3v) is 13.3. The maximum absolute atomic E-state index is 6.17. The van der Waals surface area contributed by atoms with Gasteiger partial charge in [0, 0.05) is 27.5 Å². The molecule has 0 fully saturated rings. The number of rotatable bonds is 6. The Hall–Kier alpha value is -7.36. The molecule has 0 bridgehead atoms. The second-order valence-corrected chi connectivity index (χ2v) is 19.4. The molecule has 0 aliphatic heterocycles. The first-order valence-corrected chi connectivity index (χ1v) is 22.4. The molecule has 1 aliphatic carbocycles. The van der Waals surface area contributed by atoms with Crippen molar-refractivity contribution in [2.45, 2.75) is 57.8 Å². The van der Waals surface area contributed by atoms with E-state index in [4.69, 9.17) is 14.4 Å². The van der Waals surface area contributed by atoms with Crippen molar-refractivity contribution in [1.82, 2.24) is 9.97 Å². The van der Waals surface area contributed by atoms with Crippen LogP contribution < -0.4 is 0 Å². The van der Waals surface area contributed by atoms with Gasteiger partial charge in [0.15, 0.2) is 5.82 Å². The van der Waals surface area contributed by atoms with Gasteiger partial charge in [0.05, 0.1) is 16.8 Å². The normalized spacial score (nSPS) is 13.3. The summed E-state index contributed by atoms with van der Waals surface area (Å²) in [5.74, 6) is 0.690. The second-order valence-electron chi connectivity index (χ2n) is 19.4. The smallest absolute Gasteiger partial charge is 0.160 e. The van der Waals surface area contributed by atoms with Gasteiger partial charge in [0.2, 0.25) is 0 Å². The third-order valence-electron chi connectivity index (χ3n) is 13.3. The van der Waals surface area contributed by atoms with Gasteiger partial charge in [-0.1, -0.05) is 199 Å². The number of nitrogens with zero attached hydrogens (tertiary/aromatic N) is 2. The van der Waals surface area contributed by atoms with Gasteiger partial charge in [-0.25, -0.2) is 9.97 Å². The highest BCUT2D eigenvalue weighted by atomic mass is 16.3. The van der Waals surface area contributed by atoms with E-state index in [-0.39, 0.29) is 10.8 Å². The van der Waals surface area contributed by atoms with Gasteiger partial charge in [-0.3, -0.25) is 0 Å². The summed E-state index contributed by atoms with van der Waals surface area (Å²) in [4.78, 5) is 10.6. The van der Waals surface area contributed by atoms with Crippen molar-refractivity contribution in [2.24, 2.45) is 0 Å². The largest absolute Gasteiger partial charge is 0.456 e. The van der Waals surface area contributed by atoms with Crippen molar-refractivity contribution in [3.05, 3.63) is 228 Å². The standard InChI is InChI=1S/C61H50N2O/c1-59(2,3)44-25-29-46(30-26-44)61(47-31-27-45(28-32-47)60(4,5)6)52-21-12-10-19-48(52)49-33-23-43(37-53(49)61)55-38-54(62-58(63-55)39-15-8-7-9-16-39)42-18-14-17-40(35-42)41-24-34-57-51(36-41)50-20-11-13-22-56(50)64-57/h7-38H,1-6H3. The summed E-state index contributed by atoms with van der Waals surface area (Å²) < 4.78 is 6.17. The fourth-order valence-corrected chi connectivity index (χ4v) is 9.89. The molecule has 0 spiro atoms. The van der Waals surface area contributed by atoms with Crippen LogP contribution in [0.1, 0.15) is 74.9 Å². The first-order valence-electron chi connectivity index (χ1n) is 22.4. The molecule has 64 heavy (non-hydrogen) atoms. The molecule has 0 unspecified atom stereocenters. The Balaban J connectivity index is 1.10. The van der Waals surface area contributed by atoms with Crippen LogP contribution >= 0.6 is 0 Å². The minimum Gasteiger partial charge on any atom is -0.456 e. The SMILES string of the molecule is CC(C)(C)c1ccc(C2(c3ccc(C(C)(C)C)cc3)c3ccccc3-c3ccc(-c4cc(-c5cccc(-c6ccc7oc8ccccc8c7c6)c5)nc(-c5ccccc5)n4)cc32)cc1. The van der Waals surface area contributed by atoms with Gasteiger partial charge in [0.25, 0.3) is 0 Å². The van der Waals surface area contributed by atoms with E-state index in [1.807, 2.05) is 18.2 Å². The predicted molar refractivity (Wildman–Crippen MR) is 266 cm³/mol. The topological polar surface area (TPSA) is 38.9 Å². The summed E-state index contributed by atoms with van der Waals surface area (Å²) in [6.07, 6.45) is 0. The van der Waals surface area contributed by atoms with Crippen molar-refractivity contribution < 1.29 is 4.42 Å². The zero-order chi connectivity index (χ0) is 43.8. The lowest BCUT2D eigenvalue weighted by molar-refractivity contribution is 0.588. The maximum Gasteiger partial charge on any atom is 0.160 e. The van der Waals surface area contributed by atoms with Crippen molar-refractivity contribution in [3.8, 4) is 56.2 Å². The summed E-state index contributed by atoms with van der Waals surface area (Å²) in [5, 5.41) is 2.23. The monoisotopic (exact) mass is 826 g/mol. The Morgan fingerprint density at radius 1 is 0.375 bits per heavy atom. The quantitative estimate of drug-likeness (QED) is 0.168. The van der Waals surface area contributed by atoms with Crippen molar-refractivity contribution in [2.75, 3.05) is 0 Å². The fourth-order valence-electron chi connectivity index (χ4n) is 9.89. The molecule has 0 N–H and O–H groups in total. The van der Waals surface area contributed by atoms with Crippen LogP contribution in [0, 0.1) is 0 Å². The van der Waals surface area contributed by atoms with Crippen LogP contribution in [0.5, 0.6) is 0 Å². The Morgan fingerprint density at radius 3 is 1.59 bits per heavy atom. The zero-order valence-corrected chi connectivity index (χ0v) is 37.3. The maximum atomic E-state index is 6.17. The summed E-state index contributed by atoms with van der Waals surface area (Å²) in [6.45, 7) is 13.7. The highest BCUT2D eigenvalue weighted by molar-refractivity contribution is 6.06. The van der Waals surface area contributed by atoms with Crippen LogP contribution in [0.4, 0.5) is 0 Å². The lowest BCUT2D eigenvalue weighted by atomic mass is 9.66. The van der Waals surface area contributed by atoms with Crippen LogP contribution in [0.2, 0.25) is 0 Å². The van der Waals surface area contributed by atoms with Gasteiger partial charge in [0.1, 0.15) is 11.2 Å². The molecule has 3 heteroatoms. The van der Waals surface area contributed by atoms with E-state index in [0.29, 0.717) is 5.82 Å².